The number of nitrogens with two attached hydrogens (primary N) is 1. The lowest BCUT2D eigenvalue weighted by atomic mass is 10.2. The number of benzene rings is 1. The van der Waals surface area contributed by atoms with Gasteiger partial charge in [0.1, 0.15) is 6.04 Å². The summed E-state index contributed by atoms with van der Waals surface area (Å²) in [5.41, 5.74) is 6.50. The Kier molecular flexibility index (Phi) is 6.11. The maximum absolute atomic E-state index is 12.4. The summed E-state index contributed by atoms with van der Waals surface area (Å²) in [6, 6.07) is 6.09. The van der Waals surface area contributed by atoms with Crippen LogP contribution in [0.15, 0.2) is 24.3 Å². The number of rotatable bonds is 6. The second-order valence-corrected chi connectivity index (χ2v) is 6.57. The lowest BCUT2D eigenvalue weighted by Gasteiger charge is -2.19. The van der Waals surface area contributed by atoms with Crippen LogP contribution in [0.2, 0.25) is 5.02 Å². The Morgan fingerprint density at radius 1 is 1.55 bits per heavy atom. The minimum Gasteiger partial charge on any atom is -0.343 e. The first-order valence-electron chi connectivity index (χ1n) is 7.15. The number of thioether (sulfide) groups is 1. The summed E-state index contributed by atoms with van der Waals surface area (Å²) < 4.78 is 0. The second kappa shape index (κ2) is 7.85. The average Bonchev–Trinajstić information content (AvgIpc) is 2.86. The lowest BCUT2D eigenvalue weighted by molar-refractivity contribution is -0.127. The number of nitrogens with zero attached hydrogens (tertiary/aromatic N) is 1. The molecule has 7 heteroatoms. The van der Waals surface area contributed by atoms with E-state index in [1.165, 1.54) is 0 Å². The van der Waals surface area contributed by atoms with E-state index < -0.39 is 12.1 Å². The van der Waals surface area contributed by atoms with Crippen LogP contribution in [-0.4, -0.2) is 42.5 Å². The molecule has 1 aromatic carbocycles. The number of hydrogen-bond acceptors (Lipinski definition) is 4. The molecule has 0 bridgehead atoms. The molecule has 2 rings (SSSR count). The molecular formula is C15H20ClN3O2S. The predicted molar refractivity (Wildman–Crippen MR) is 91.3 cm³/mol. The van der Waals surface area contributed by atoms with Gasteiger partial charge in [0.25, 0.3) is 0 Å². The van der Waals surface area contributed by atoms with Gasteiger partial charge in [-0.25, -0.2) is 0 Å². The molecule has 0 aliphatic carbocycles. The number of anilines is 1. The molecule has 0 aromatic heterocycles. The van der Waals surface area contributed by atoms with Gasteiger partial charge in [-0.1, -0.05) is 23.7 Å². The summed E-state index contributed by atoms with van der Waals surface area (Å²) in [6.45, 7) is 0.535. The highest BCUT2D eigenvalue weighted by molar-refractivity contribution is 7.98. The molecule has 1 saturated heterocycles. The molecule has 0 saturated carbocycles. The van der Waals surface area contributed by atoms with Crippen molar-refractivity contribution in [3.8, 4) is 0 Å². The Labute approximate surface area is 139 Å². The summed E-state index contributed by atoms with van der Waals surface area (Å²) in [4.78, 5) is 26.1. The van der Waals surface area contributed by atoms with Gasteiger partial charge < -0.3 is 16.0 Å². The van der Waals surface area contributed by atoms with Crippen LogP contribution < -0.4 is 16.0 Å². The van der Waals surface area contributed by atoms with E-state index in [4.69, 9.17) is 17.3 Å². The van der Waals surface area contributed by atoms with E-state index in [9.17, 15) is 9.59 Å². The van der Waals surface area contributed by atoms with E-state index in [-0.39, 0.29) is 11.8 Å². The fourth-order valence-electron chi connectivity index (χ4n) is 2.38. The largest absolute Gasteiger partial charge is 0.343 e. The van der Waals surface area contributed by atoms with Gasteiger partial charge in [0.15, 0.2) is 0 Å². The molecule has 1 fully saturated rings. The van der Waals surface area contributed by atoms with Crippen molar-refractivity contribution >= 4 is 40.9 Å². The molecule has 22 heavy (non-hydrogen) atoms. The Morgan fingerprint density at radius 3 is 2.95 bits per heavy atom. The van der Waals surface area contributed by atoms with Crippen LogP contribution in [0.25, 0.3) is 0 Å². The van der Waals surface area contributed by atoms with Crippen LogP contribution in [0.5, 0.6) is 0 Å². The second-order valence-electron chi connectivity index (χ2n) is 5.18. The zero-order valence-corrected chi connectivity index (χ0v) is 14.0. The van der Waals surface area contributed by atoms with Crippen LogP contribution in [0.1, 0.15) is 12.8 Å². The van der Waals surface area contributed by atoms with Crippen LogP contribution in [0.3, 0.4) is 0 Å². The van der Waals surface area contributed by atoms with Crippen LogP contribution in [0, 0.1) is 0 Å². The molecule has 1 unspecified atom stereocenters. The average molecular weight is 342 g/mol. The van der Waals surface area contributed by atoms with Crippen LogP contribution in [0.4, 0.5) is 5.69 Å². The Morgan fingerprint density at radius 2 is 2.27 bits per heavy atom. The molecule has 1 heterocycles. The van der Waals surface area contributed by atoms with Gasteiger partial charge in [-0.3, -0.25) is 9.59 Å². The fourth-order valence-corrected chi connectivity index (χ4v) is 3.11. The molecule has 2 atom stereocenters. The van der Waals surface area contributed by atoms with Crippen molar-refractivity contribution in [1.82, 2.24) is 5.32 Å². The Hall–Kier alpha value is -1.24. The molecule has 0 radical (unpaired) electrons. The molecule has 0 spiro atoms. The first-order chi connectivity index (χ1) is 10.5. The smallest absolute Gasteiger partial charge is 0.249 e. The van der Waals surface area contributed by atoms with E-state index in [2.05, 4.69) is 5.32 Å². The lowest BCUT2D eigenvalue weighted by Crippen LogP contribution is -2.48. The van der Waals surface area contributed by atoms with Crippen molar-refractivity contribution in [2.45, 2.75) is 24.9 Å². The zero-order chi connectivity index (χ0) is 16.1. The fraction of sp³-hybridized carbons (Fsp3) is 0.467. The molecule has 1 aliphatic rings. The van der Waals surface area contributed by atoms with Gasteiger partial charge in [0.2, 0.25) is 11.8 Å². The van der Waals surface area contributed by atoms with E-state index >= 15 is 0 Å². The van der Waals surface area contributed by atoms with Crippen molar-refractivity contribution in [1.29, 1.82) is 0 Å². The first-order valence-corrected chi connectivity index (χ1v) is 8.92. The third kappa shape index (κ3) is 3.94. The molecule has 3 N–H and O–H groups in total. The first kappa shape index (κ1) is 17.1. The van der Waals surface area contributed by atoms with Crippen molar-refractivity contribution in [3.05, 3.63) is 29.3 Å². The highest BCUT2D eigenvalue weighted by Gasteiger charge is 2.35. The van der Waals surface area contributed by atoms with Gasteiger partial charge in [-0.2, -0.15) is 11.8 Å². The monoisotopic (exact) mass is 341 g/mol. The van der Waals surface area contributed by atoms with Gasteiger partial charge in [0, 0.05) is 6.54 Å². The highest BCUT2D eigenvalue weighted by atomic mass is 35.5. The van der Waals surface area contributed by atoms with Crippen molar-refractivity contribution in [3.63, 3.8) is 0 Å². The van der Waals surface area contributed by atoms with Gasteiger partial charge in [-0.05, 0) is 37.0 Å². The standard InChI is InChI=1S/C15H20ClN3O2S/c1-22-9-7-11(17)14(20)18-12-6-8-19(15(12)21)13-5-3-2-4-10(13)16/h2-5,11-12H,6-9,17H2,1H3,(H,18,20)/t11-,12?/m0/s1. The molecule has 120 valence electrons. The van der Waals surface area contributed by atoms with Gasteiger partial charge >= 0.3 is 0 Å². The molecular weight excluding hydrogens is 322 g/mol. The Bertz CT molecular complexity index is 555. The summed E-state index contributed by atoms with van der Waals surface area (Å²) in [6.07, 6.45) is 3.12. The van der Waals surface area contributed by atoms with Crippen molar-refractivity contribution in [2.75, 3.05) is 23.5 Å². The van der Waals surface area contributed by atoms with Crippen LogP contribution in [-0.2, 0) is 9.59 Å². The summed E-state index contributed by atoms with van der Waals surface area (Å²) in [5, 5.41) is 3.28. The Balaban J connectivity index is 1.97. The normalized spacial score (nSPS) is 19.3. The number of carbonyl (C=O) groups is 2. The van der Waals surface area contributed by atoms with Crippen molar-refractivity contribution in [2.24, 2.45) is 5.73 Å². The summed E-state index contributed by atoms with van der Waals surface area (Å²) >= 11 is 7.77. The SMILES string of the molecule is CSCC[C@H](N)C(=O)NC1CCN(c2ccccc2Cl)C1=O. The molecule has 1 aromatic rings. The minimum absolute atomic E-state index is 0.140. The highest BCUT2D eigenvalue weighted by Crippen LogP contribution is 2.28. The third-order valence-electron chi connectivity index (χ3n) is 3.63. The minimum atomic E-state index is -0.574. The predicted octanol–water partition coefficient (Wildman–Crippen LogP) is 1.64. The van der Waals surface area contributed by atoms with Crippen LogP contribution >= 0.6 is 23.4 Å². The molecule has 5 nitrogen and oxygen atoms in total. The zero-order valence-electron chi connectivity index (χ0n) is 12.4. The van der Waals surface area contributed by atoms with Gasteiger partial charge in [-0.15, -0.1) is 0 Å². The topological polar surface area (TPSA) is 75.4 Å². The van der Waals surface area contributed by atoms with E-state index in [0.717, 1.165) is 5.75 Å². The molecule has 2 amide bonds. The number of nitrogens with one attached hydrogen (secondary N) is 1. The van der Waals surface area contributed by atoms with Crippen molar-refractivity contribution < 1.29 is 9.59 Å². The number of hydrogen-bond donors (Lipinski definition) is 2. The molecule has 1 aliphatic heterocycles. The maximum atomic E-state index is 12.4. The van der Waals surface area contributed by atoms with E-state index in [0.29, 0.717) is 30.1 Å². The number of halogens is 1. The number of carbonyl (C=O) groups excluding carboxylic acids is 2. The summed E-state index contributed by atoms with van der Waals surface area (Å²) in [7, 11) is 0. The summed E-state index contributed by atoms with van der Waals surface area (Å²) in [5.74, 6) is 0.408. The van der Waals surface area contributed by atoms with Gasteiger partial charge in [0.05, 0.1) is 16.8 Å². The maximum Gasteiger partial charge on any atom is 0.249 e. The number of para-hydroxylation sites is 1. The number of amides is 2. The van der Waals surface area contributed by atoms with E-state index in [1.54, 1.807) is 28.8 Å². The van der Waals surface area contributed by atoms with E-state index in [1.807, 2.05) is 18.4 Å². The quantitative estimate of drug-likeness (QED) is 0.824. The third-order valence-corrected chi connectivity index (χ3v) is 4.60.